The number of nitrogens with zero attached hydrogens (tertiary/aromatic N) is 1. The van der Waals surface area contributed by atoms with E-state index >= 15 is 0 Å². The first-order valence-corrected chi connectivity index (χ1v) is 5.17. The number of fused-ring (bicyclic) bond motifs is 1. The van der Waals surface area contributed by atoms with Crippen LogP contribution in [0, 0.1) is 0 Å². The molecule has 0 aliphatic rings. The smallest absolute Gasteiger partial charge is 0.318 e. The highest BCUT2D eigenvalue weighted by Crippen LogP contribution is 2.21. The third kappa shape index (κ3) is 2.15. The quantitative estimate of drug-likeness (QED) is 0.817. The van der Waals surface area contributed by atoms with Gasteiger partial charge in [-0.25, -0.2) is 0 Å². The molecule has 0 saturated heterocycles. The topological polar surface area (TPSA) is 67.3 Å². The van der Waals surface area contributed by atoms with Gasteiger partial charge in [0.15, 0.2) is 0 Å². The van der Waals surface area contributed by atoms with Crippen molar-refractivity contribution in [1.29, 1.82) is 0 Å². The molecule has 1 aromatic heterocycles. The second kappa shape index (κ2) is 4.33. The number of hydrogen-bond donors (Lipinski definition) is 1. The van der Waals surface area contributed by atoms with Crippen LogP contribution in [0.3, 0.4) is 0 Å². The van der Waals surface area contributed by atoms with E-state index in [0.717, 1.165) is 10.9 Å². The first-order chi connectivity index (χ1) is 8.09. The molecule has 1 N–H and O–H groups in total. The van der Waals surface area contributed by atoms with E-state index in [2.05, 4.69) is 4.98 Å². The Kier molecular flexibility index (Phi) is 2.87. The molecule has 0 aliphatic carbocycles. The molecule has 1 aromatic carbocycles. The van der Waals surface area contributed by atoms with Crippen molar-refractivity contribution >= 4 is 22.7 Å². The predicted molar refractivity (Wildman–Crippen MR) is 62.8 cm³/mol. The molecule has 0 amide bonds. The summed E-state index contributed by atoms with van der Waals surface area (Å²) in [6.07, 6.45) is 1.67. The number of aromatic nitrogens is 1. The highest BCUT2D eigenvalue weighted by Gasteiger charge is 2.24. The summed E-state index contributed by atoms with van der Waals surface area (Å²) in [5.74, 6) is -2.60. The molecule has 0 saturated carbocycles. The molecular weight excluding hydrogens is 218 g/mol. The second-order valence-electron chi connectivity index (χ2n) is 3.84. The Bertz CT molecular complexity index is 578. The van der Waals surface area contributed by atoms with E-state index in [4.69, 9.17) is 5.11 Å². The molecule has 1 unspecified atom stereocenters. The molecule has 0 bridgehead atoms. The van der Waals surface area contributed by atoms with Crippen LogP contribution in [0.4, 0.5) is 0 Å². The lowest BCUT2D eigenvalue weighted by Crippen LogP contribution is -2.19. The van der Waals surface area contributed by atoms with Crippen LogP contribution in [0.25, 0.3) is 10.9 Å². The summed E-state index contributed by atoms with van der Waals surface area (Å²) in [6, 6.07) is 8.67. The average molecular weight is 229 g/mol. The van der Waals surface area contributed by atoms with E-state index in [-0.39, 0.29) is 5.78 Å². The standard InChI is InChI=1S/C13H11NO3/c1-8(15)12(13(16)17)10-4-5-11-9(7-10)3-2-6-14-11/h2-7,12H,1H3,(H,16,17). The maximum absolute atomic E-state index is 11.3. The van der Waals surface area contributed by atoms with Crippen LogP contribution in [0.2, 0.25) is 0 Å². The van der Waals surface area contributed by atoms with Crippen LogP contribution in [-0.2, 0) is 9.59 Å². The molecule has 0 aliphatic heterocycles. The van der Waals surface area contributed by atoms with E-state index in [9.17, 15) is 9.59 Å². The molecule has 86 valence electrons. The Labute approximate surface area is 97.9 Å². The molecule has 4 heteroatoms. The third-order valence-corrected chi connectivity index (χ3v) is 2.61. The van der Waals surface area contributed by atoms with Crippen LogP contribution in [0.15, 0.2) is 36.5 Å². The predicted octanol–water partition coefficient (Wildman–Crippen LogP) is 1.99. The zero-order chi connectivity index (χ0) is 12.4. The number of hydrogen-bond acceptors (Lipinski definition) is 3. The van der Waals surface area contributed by atoms with Gasteiger partial charge < -0.3 is 5.11 Å². The molecule has 17 heavy (non-hydrogen) atoms. The fraction of sp³-hybridized carbons (Fsp3) is 0.154. The van der Waals surface area contributed by atoms with E-state index < -0.39 is 11.9 Å². The number of ketones is 1. The highest BCUT2D eigenvalue weighted by molar-refractivity contribution is 6.03. The van der Waals surface area contributed by atoms with Crippen LogP contribution >= 0.6 is 0 Å². The van der Waals surface area contributed by atoms with Crippen LogP contribution in [0.1, 0.15) is 18.4 Å². The van der Waals surface area contributed by atoms with Gasteiger partial charge in [0.1, 0.15) is 11.7 Å². The minimum absolute atomic E-state index is 0.374. The summed E-state index contributed by atoms with van der Waals surface area (Å²) in [5, 5.41) is 9.86. The lowest BCUT2D eigenvalue weighted by molar-refractivity contribution is -0.142. The van der Waals surface area contributed by atoms with Crippen molar-refractivity contribution in [2.45, 2.75) is 12.8 Å². The number of carbonyl (C=O) groups is 2. The average Bonchev–Trinajstić information content (AvgIpc) is 2.28. The summed E-state index contributed by atoms with van der Waals surface area (Å²) >= 11 is 0. The van der Waals surface area contributed by atoms with Crippen LogP contribution in [0.5, 0.6) is 0 Å². The number of benzene rings is 1. The maximum atomic E-state index is 11.3. The monoisotopic (exact) mass is 229 g/mol. The minimum atomic E-state index is -1.12. The summed E-state index contributed by atoms with van der Waals surface area (Å²) in [6.45, 7) is 1.28. The van der Waals surface area contributed by atoms with Crippen molar-refractivity contribution in [2.24, 2.45) is 0 Å². The van der Waals surface area contributed by atoms with Gasteiger partial charge in [-0.3, -0.25) is 14.6 Å². The van der Waals surface area contributed by atoms with Gasteiger partial charge >= 0.3 is 5.97 Å². The molecule has 0 spiro atoms. The van der Waals surface area contributed by atoms with E-state index in [1.54, 1.807) is 30.5 Å². The zero-order valence-corrected chi connectivity index (χ0v) is 9.25. The molecule has 1 atom stereocenters. The van der Waals surface area contributed by atoms with E-state index in [1.165, 1.54) is 6.92 Å². The normalized spacial score (nSPS) is 12.3. The van der Waals surface area contributed by atoms with Gasteiger partial charge in [-0.05, 0) is 30.7 Å². The summed E-state index contributed by atoms with van der Waals surface area (Å²) in [4.78, 5) is 26.5. The molecule has 1 heterocycles. The van der Waals surface area contributed by atoms with Crippen molar-refractivity contribution in [3.8, 4) is 0 Å². The molecule has 2 rings (SSSR count). The first-order valence-electron chi connectivity index (χ1n) is 5.17. The Morgan fingerprint density at radius 3 is 2.71 bits per heavy atom. The van der Waals surface area contributed by atoms with Crippen molar-refractivity contribution in [3.05, 3.63) is 42.1 Å². The van der Waals surface area contributed by atoms with Gasteiger partial charge in [-0.15, -0.1) is 0 Å². The highest BCUT2D eigenvalue weighted by atomic mass is 16.4. The van der Waals surface area contributed by atoms with Gasteiger partial charge in [0.05, 0.1) is 5.52 Å². The Morgan fingerprint density at radius 1 is 1.29 bits per heavy atom. The number of aliphatic carboxylic acids is 1. The number of rotatable bonds is 3. The SMILES string of the molecule is CC(=O)C(C(=O)O)c1ccc2ncccc2c1. The Morgan fingerprint density at radius 2 is 2.06 bits per heavy atom. The molecule has 0 radical (unpaired) electrons. The summed E-state index contributed by atoms with van der Waals surface area (Å²) < 4.78 is 0. The van der Waals surface area contributed by atoms with Gasteiger partial charge in [0.2, 0.25) is 0 Å². The largest absolute Gasteiger partial charge is 0.480 e. The second-order valence-corrected chi connectivity index (χ2v) is 3.84. The molecular formula is C13H11NO3. The molecule has 0 fully saturated rings. The van der Waals surface area contributed by atoms with Crippen LogP contribution in [-0.4, -0.2) is 21.8 Å². The van der Waals surface area contributed by atoms with E-state index in [1.807, 2.05) is 6.07 Å². The van der Waals surface area contributed by atoms with Crippen molar-refractivity contribution in [3.63, 3.8) is 0 Å². The lowest BCUT2D eigenvalue weighted by Gasteiger charge is -2.09. The molecule has 4 nitrogen and oxygen atoms in total. The van der Waals surface area contributed by atoms with Crippen LogP contribution < -0.4 is 0 Å². The van der Waals surface area contributed by atoms with Gasteiger partial charge in [-0.1, -0.05) is 12.1 Å². The summed E-state index contributed by atoms with van der Waals surface area (Å²) in [7, 11) is 0. The molecule has 2 aromatic rings. The Balaban J connectivity index is 2.55. The number of Topliss-reactive ketones (excluding diaryl/α,β-unsaturated/α-hetero) is 1. The Hall–Kier alpha value is -2.23. The van der Waals surface area contributed by atoms with Gasteiger partial charge in [0.25, 0.3) is 0 Å². The first kappa shape index (κ1) is 11.3. The van der Waals surface area contributed by atoms with Crippen molar-refractivity contribution in [2.75, 3.05) is 0 Å². The maximum Gasteiger partial charge on any atom is 0.318 e. The lowest BCUT2D eigenvalue weighted by atomic mass is 9.94. The zero-order valence-electron chi connectivity index (χ0n) is 9.25. The van der Waals surface area contributed by atoms with Crippen molar-refractivity contribution in [1.82, 2.24) is 4.98 Å². The van der Waals surface area contributed by atoms with Crippen molar-refractivity contribution < 1.29 is 14.7 Å². The number of carboxylic acid groups (broad SMARTS) is 1. The number of pyridine rings is 1. The number of carboxylic acids is 1. The summed E-state index contributed by atoms with van der Waals surface area (Å²) in [5.41, 5.74) is 1.27. The van der Waals surface area contributed by atoms with Gasteiger partial charge in [0, 0.05) is 11.6 Å². The fourth-order valence-electron chi connectivity index (χ4n) is 1.82. The third-order valence-electron chi connectivity index (χ3n) is 2.61. The minimum Gasteiger partial charge on any atom is -0.480 e. The van der Waals surface area contributed by atoms with E-state index in [0.29, 0.717) is 5.56 Å². The fourth-order valence-corrected chi connectivity index (χ4v) is 1.82. The number of carbonyl (C=O) groups excluding carboxylic acids is 1. The van der Waals surface area contributed by atoms with Gasteiger partial charge in [-0.2, -0.15) is 0 Å².